The van der Waals surface area contributed by atoms with E-state index in [4.69, 9.17) is 0 Å². The molecule has 1 aromatic rings. The summed E-state index contributed by atoms with van der Waals surface area (Å²) in [7, 11) is 3.43. The van der Waals surface area contributed by atoms with Crippen molar-refractivity contribution in [2.24, 2.45) is 5.92 Å². The Kier molecular flexibility index (Phi) is 4.56. The molecule has 0 radical (unpaired) electrons. The topological polar surface area (TPSA) is 49.4 Å². The molecule has 2 rings (SSSR count). The largest absolute Gasteiger partial charge is 0.345 e. The summed E-state index contributed by atoms with van der Waals surface area (Å²) in [6.07, 6.45) is 6.88. The van der Waals surface area contributed by atoms with Gasteiger partial charge in [-0.2, -0.15) is 0 Å². The van der Waals surface area contributed by atoms with Crippen molar-refractivity contribution in [2.45, 2.75) is 19.3 Å². The van der Waals surface area contributed by atoms with Gasteiger partial charge in [0.05, 0.1) is 0 Å². The van der Waals surface area contributed by atoms with Crippen LogP contribution in [0.15, 0.2) is 36.4 Å². The molecule has 1 aliphatic carbocycles. The molecule has 0 unspecified atom stereocenters. The van der Waals surface area contributed by atoms with Crippen molar-refractivity contribution < 1.29 is 9.59 Å². The van der Waals surface area contributed by atoms with Gasteiger partial charge in [-0.15, -0.1) is 0 Å². The Bertz CT molecular complexity index is 518. The highest BCUT2D eigenvalue weighted by molar-refractivity contribution is 5.95. The maximum atomic E-state index is 11.9. The van der Waals surface area contributed by atoms with E-state index < -0.39 is 0 Å². The average molecular weight is 272 g/mol. The number of hydrogen-bond acceptors (Lipinski definition) is 2. The van der Waals surface area contributed by atoms with Crippen LogP contribution in [0.2, 0.25) is 0 Å². The van der Waals surface area contributed by atoms with Crippen LogP contribution in [-0.4, -0.2) is 30.8 Å². The van der Waals surface area contributed by atoms with Gasteiger partial charge in [0.1, 0.15) is 0 Å². The van der Waals surface area contributed by atoms with Gasteiger partial charge in [-0.1, -0.05) is 12.2 Å². The lowest BCUT2D eigenvalue weighted by molar-refractivity contribution is -0.116. The normalized spacial score (nSPS) is 17.0. The van der Waals surface area contributed by atoms with Crippen LogP contribution < -0.4 is 5.32 Å². The van der Waals surface area contributed by atoms with E-state index in [2.05, 4.69) is 17.5 Å². The fourth-order valence-corrected chi connectivity index (χ4v) is 2.27. The van der Waals surface area contributed by atoms with E-state index in [0.717, 1.165) is 18.5 Å². The Labute approximate surface area is 119 Å². The highest BCUT2D eigenvalue weighted by Gasteiger charge is 2.14. The molecule has 0 bridgehead atoms. The molecule has 0 spiro atoms. The highest BCUT2D eigenvalue weighted by atomic mass is 16.2. The smallest absolute Gasteiger partial charge is 0.253 e. The third kappa shape index (κ3) is 3.70. The van der Waals surface area contributed by atoms with Gasteiger partial charge in [0.25, 0.3) is 5.91 Å². The van der Waals surface area contributed by atoms with Gasteiger partial charge < -0.3 is 10.2 Å². The maximum absolute atomic E-state index is 11.9. The molecule has 0 fully saturated rings. The van der Waals surface area contributed by atoms with Crippen LogP contribution in [0.25, 0.3) is 0 Å². The number of amides is 2. The summed E-state index contributed by atoms with van der Waals surface area (Å²) >= 11 is 0. The van der Waals surface area contributed by atoms with Gasteiger partial charge in [0.2, 0.25) is 5.91 Å². The van der Waals surface area contributed by atoms with E-state index in [9.17, 15) is 9.59 Å². The predicted octanol–water partition coefficient (Wildman–Crippen LogP) is 2.68. The van der Waals surface area contributed by atoms with Crippen molar-refractivity contribution in [2.75, 3.05) is 19.4 Å². The summed E-state index contributed by atoms with van der Waals surface area (Å²) in [4.78, 5) is 25.1. The molecule has 2 amide bonds. The second-order valence-corrected chi connectivity index (χ2v) is 5.29. The Morgan fingerprint density at radius 1 is 1.25 bits per heavy atom. The zero-order chi connectivity index (χ0) is 14.5. The van der Waals surface area contributed by atoms with Crippen LogP contribution in [0.4, 0.5) is 5.69 Å². The van der Waals surface area contributed by atoms with Crippen molar-refractivity contribution in [1.82, 2.24) is 4.90 Å². The lowest BCUT2D eigenvalue weighted by Gasteiger charge is -2.11. The summed E-state index contributed by atoms with van der Waals surface area (Å²) in [6.45, 7) is 0. The standard InChI is InChI=1S/C16H20N2O2/c1-18(2)16(20)13-7-9-14(10-8-13)17-15(19)11-12-5-3-4-6-12/h3,5,7-10,12H,4,6,11H2,1-2H3,(H,17,19)/t12-/m0/s1. The first-order valence-electron chi connectivity index (χ1n) is 6.84. The molecule has 0 aliphatic heterocycles. The maximum Gasteiger partial charge on any atom is 0.253 e. The molecule has 1 N–H and O–H groups in total. The van der Waals surface area contributed by atoms with Gasteiger partial charge in [-0.25, -0.2) is 0 Å². The van der Waals surface area contributed by atoms with Crippen LogP contribution in [0.5, 0.6) is 0 Å². The van der Waals surface area contributed by atoms with Crippen LogP contribution in [0.3, 0.4) is 0 Å². The molecule has 0 heterocycles. The lowest BCUT2D eigenvalue weighted by atomic mass is 10.0. The van der Waals surface area contributed by atoms with E-state index in [1.54, 1.807) is 38.4 Å². The summed E-state index contributed by atoms with van der Waals surface area (Å²) in [5.74, 6) is 0.344. The van der Waals surface area contributed by atoms with Crippen molar-refractivity contribution >= 4 is 17.5 Å². The summed E-state index contributed by atoms with van der Waals surface area (Å²) in [6, 6.07) is 6.99. The predicted molar refractivity (Wildman–Crippen MR) is 79.6 cm³/mol. The van der Waals surface area contributed by atoms with Crippen LogP contribution in [0, 0.1) is 5.92 Å². The lowest BCUT2D eigenvalue weighted by Crippen LogP contribution is -2.21. The number of carbonyl (C=O) groups excluding carboxylic acids is 2. The fraction of sp³-hybridized carbons (Fsp3) is 0.375. The molecule has 1 atom stereocenters. The van der Waals surface area contributed by atoms with Crippen LogP contribution >= 0.6 is 0 Å². The Morgan fingerprint density at radius 3 is 2.50 bits per heavy atom. The quantitative estimate of drug-likeness (QED) is 0.857. The minimum Gasteiger partial charge on any atom is -0.345 e. The third-order valence-corrected chi connectivity index (χ3v) is 3.38. The Hall–Kier alpha value is -2.10. The second kappa shape index (κ2) is 6.37. The average Bonchev–Trinajstić information content (AvgIpc) is 2.91. The minimum atomic E-state index is -0.0426. The highest BCUT2D eigenvalue weighted by Crippen LogP contribution is 2.21. The number of benzene rings is 1. The monoisotopic (exact) mass is 272 g/mol. The van der Waals surface area contributed by atoms with Gasteiger partial charge >= 0.3 is 0 Å². The van der Waals surface area contributed by atoms with Gasteiger partial charge in [-0.05, 0) is 43.0 Å². The molecule has 4 heteroatoms. The number of anilines is 1. The molecule has 0 saturated heterocycles. The molecule has 1 aromatic carbocycles. The zero-order valence-electron chi connectivity index (χ0n) is 11.9. The Morgan fingerprint density at radius 2 is 1.95 bits per heavy atom. The fourth-order valence-electron chi connectivity index (χ4n) is 2.27. The van der Waals surface area contributed by atoms with Crippen molar-refractivity contribution in [3.05, 3.63) is 42.0 Å². The van der Waals surface area contributed by atoms with Crippen molar-refractivity contribution in [3.63, 3.8) is 0 Å². The summed E-state index contributed by atoms with van der Waals surface area (Å²) < 4.78 is 0. The van der Waals surface area contributed by atoms with E-state index in [0.29, 0.717) is 17.9 Å². The van der Waals surface area contributed by atoms with E-state index in [1.807, 2.05) is 0 Å². The number of nitrogens with one attached hydrogen (secondary N) is 1. The summed E-state index contributed by atoms with van der Waals surface area (Å²) in [5.41, 5.74) is 1.35. The molecule has 0 saturated carbocycles. The molecule has 1 aliphatic rings. The molecular weight excluding hydrogens is 252 g/mol. The minimum absolute atomic E-state index is 0.0215. The number of allylic oxidation sites excluding steroid dienone is 2. The molecule has 106 valence electrons. The first-order chi connectivity index (χ1) is 9.56. The molecule has 0 aromatic heterocycles. The zero-order valence-corrected chi connectivity index (χ0v) is 11.9. The van der Waals surface area contributed by atoms with Crippen molar-refractivity contribution in [1.29, 1.82) is 0 Å². The van der Waals surface area contributed by atoms with Crippen molar-refractivity contribution in [3.8, 4) is 0 Å². The summed E-state index contributed by atoms with van der Waals surface area (Å²) in [5, 5.41) is 2.87. The third-order valence-electron chi connectivity index (χ3n) is 3.38. The van der Waals surface area contributed by atoms with E-state index >= 15 is 0 Å². The van der Waals surface area contributed by atoms with Crippen LogP contribution in [-0.2, 0) is 4.79 Å². The van der Waals surface area contributed by atoms with Gasteiger partial charge in [-0.3, -0.25) is 9.59 Å². The first-order valence-corrected chi connectivity index (χ1v) is 6.84. The van der Waals surface area contributed by atoms with Gasteiger partial charge in [0, 0.05) is 31.8 Å². The molecule has 4 nitrogen and oxygen atoms in total. The van der Waals surface area contributed by atoms with Crippen LogP contribution in [0.1, 0.15) is 29.6 Å². The van der Waals surface area contributed by atoms with E-state index in [1.165, 1.54) is 4.90 Å². The Balaban J connectivity index is 1.91. The number of rotatable bonds is 4. The second-order valence-electron chi connectivity index (χ2n) is 5.29. The number of nitrogens with zero attached hydrogens (tertiary/aromatic N) is 1. The first kappa shape index (κ1) is 14.3. The molecular formula is C16H20N2O2. The van der Waals surface area contributed by atoms with E-state index in [-0.39, 0.29) is 11.8 Å². The van der Waals surface area contributed by atoms with Gasteiger partial charge in [0.15, 0.2) is 0 Å². The molecule has 20 heavy (non-hydrogen) atoms. The number of hydrogen-bond donors (Lipinski definition) is 1. The SMILES string of the molecule is CN(C)C(=O)c1ccc(NC(=O)C[C@H]2C=CCC2)cc1. The number of carbonyl (C=O) groups is 2.